The Morgan fingerprint density at radius 2 is 1.84 bits per heavy atom. The summed E-state index contributed by atoms with van der Waals surface area (Å²) in [6.07, 6.45) is 2.95. The third-order valence-corrected chi connectivity index (χ3v) is 3.48. The molecule has 1 atom stereocenters. The summed E-state index contributed by atoms with van der Waals surface area (Å²) in [7, 11) is 2.29. The summed E-state index contributed by atoms with van der Waals surface area (Å²) in [5.41, 5.74) is 0.285. The maximum absolute atomic E-state index is 14.2. The SMILES string of the molecule is COC(=O)C[C@@H](NC(=O)c1ccc(-n2cccc2)c(F)c1)C(=O)OC. The van der Waals surface area contributed by atoms with E-state index in [0.717, 1.165) is 20.3 Å². The molecule has 25 heavy (non-hydrogen) atoms. The molecular formula is C17H17FN2O5. The molecule has 0 unspecified atom stereocenters. The van der Waals surface area contributed by atoms with Crippen LogP contribution >= 0.6 is 0 Å². The van der Waals surface area contributed by atoms with Crippen molar-refractivity contribution in [2.75, 3.05) is 14.2 Å². The molecule has 132 valence electrons. The van der Waals surface area contributed by atoms with Gasteiger partial charge >= 0.3 is 11.9 Å². The normalized spacial score (nSPS) is 11.5. The molecule has 0 aliphatic carbocycles. The van der Waals surface area contributed by atoms with Gasteiger partial charge in [0.05, 0.1) is 26.3 Å². The molecule has 0 aliphatic rings. The Labute approximate surface area is 143 Å². The fraction of sp³-hybridized carbons (Fsp3) is 0.235. The first kappa shape index (κ1) is 18.2. The number of aromatic nitrogens is 1. The second-order valence-corrected chi connectivity index (χ2v) is 5.09. The number of esters is 2. The summed E-state index contributed by atoms with van der Waals surface area (Å²) in [5.74, 6) is -2.81. The average Bonchev–Trinajstić information content (AvgIpc) is 3.14. The largest absolute Gasteiger partial charge is 0.469 e. The first-order valence-electron chi connectivity index (χ1n) is 7.34. The van der Waals surface area contributed by atoms with Gasteiger partial charge in [0.15, 0.2) is 0 Å². The van der Waals surface area contributed by atoms with Gasteiger partial charge in [0, 0.05) is 18.0 Å². The molecule has 1 amide bonds. The molecule has 2 aromatic rings. The van der Waals surface area contributed by atoms with Crippen molar-refractivity contribution in [3.8, 4) is 5.69 Å². The van der Waals surface area contributed by atoms with E-state index in [9.17, 15) is 18.8 Å². The molecule has 0 spiro atoms. The van der Waals surface area contributed by atoms with Gasteiger partial charge in [-0.3, -0.25) is 9.59 Å². The molecule has 1 N–H and O–H groups in total. The first-order chi connectivity index (χ1) is 12.0. The van der Waals surface area contributed by atoms with Crippen molar-refractivity contribution in [3.05, 3.63) is 54.1 Å². The lowest BCUT2D eigenvalue weighted by atomic mass is 10.1. The van der Waals surface area contributed by atoms with E-state index in [1.165, 1.54) is 12.1 Å². The van der Waals surface area contributed by atoms with E-state index < -0.39 is 36.1 Å². The van der Waals surface area contributed by atoms with Gasteiger partial charge in [-0.1, -0.05) is 0 Å². The van der Waals surface area contributed by atoms with Gasteiger partial charge in [0.2, 0.25) is 0 Å². The van der Waals surface area contributed by atoms with Crippen LogP contribution in [0.2, 0.25) is 0 Å². The predicted molar refractivity (Wildman–Crippen MR) is 85.6 cm³/mol. The Balaban J connectivity index is 2.17. The quantitative estimate of drug-likeness (QED) is 0.799. The van der Waals surface area contributed by atoms with Crippen LogP contribution in [0.4, 0.5) is 4.39 Å². The zero-order chi connectivity index (χ0) is 18.4. The summed E-state index contributed by atoms with van der Waals surface area (Å²) >= 11 is 0. The molecule has 0 fully saturated rings. The smallest absolute Gasteiger partial charge is 0.328 e. The summed E-state index contributed by atoms with van der Waals surface area (Å²) in [4.78, 5) is 35.3. The van der Waals surface area contributed by atoms with Crippen LogP contribution in [-0.2, 0) is 19.1 Å². The van der Waals surface area contributed by atoms with Crippen molar-refractivity contribution in [3.63, 3.8) is 0 Å². The molecule has 1 aromatic carbocycles. The lowest BCUT2D eigenvalue weighted by Crippen LogP contribution is -2.43. The van der Waals surface area contributed by atoms with Crippen molar-refractivity contribution in [2.45, 2.75) is 12.5 Å². The van der Waals surface area contributed by atoms with Crippen molar-refractivity contribution in [1.29, 1.82) is 0 Å². The van der Waals surface area contributed by atoms with Crippen molar-refractivity contribution in [2.24, 2.45) is 0 Å². The van der Waals surface area contributed by atoms with Crippen LogP contribution in [0.25, 0.3) is 5.69 Å². The topological polar surface area (TPSA) is 86.6 Å². The van der Waals surface area contributed by atoms with Gasteiger partial charge in [0.1, 0.15) is 11.9 Å². The number of methoxy groups -OCH3 is 2. The van der Waals surface area contributed by atoms with Crippen LogP contribution < -0.4 is 5.32 Å². The minimum atomic E-state index is -1.22. The molecule has 2 rings (SSSR count). The Morgan fingerprint density at radius 3 is 2.40 bits per heavy atom. The van der Waals surface area contributed by atoms with Crippen LogP contribution in [0.5, 0.6) is 0 Å². The van der Waals surface area contributed by atoms with Gasteiger partial charge in [-0.2, -0.15) is 0 Å². The summed E-state index contributed by atoms with van der Waals surface area (Å²) in [5, 5.41) is 2.34. The molecule has 8 heteroatoms. The predicted octanol–water partition coefficient (Wildman–Crippen LogP) is 1.45. The molecule has 1 heterocycles. The zero-order valence-corrected chi connectivity index (χ0v) is 13.7. The lowest BCUT2D eigenvalue weighted by Gasteiger charge is -2.15. The number of benzene rings is 1. The molecule has 0 saturated carbocycles. The van der Waals surface area contributed by atoms with E-state index in [4.69, 9.17) is 0 Å². The first-order valence-corrected chi connectivity index (χ1v) is 7.34. The van der Waals surface area contributed by atoms with Gasteiger partial charge in [0.25, 0.3) is 5.91 Å². The fourth-order valence-corrected chi connectivity index (χ4v) is 2.18. The van der Waals surface area contributed by atoms with Gasteiger partial charge in [-0.25, -0.2) is 9.18 Å². The number of nitrogens with zero attached hydrogens (tertiary/aromatic N) is 1. The number of ether oxygens (including phenoxy) is 2. The second-order valence-electron chi connectivity index (χ2n) is 5.09. The minimum absolute atomic E-state index is 0.00664. The highest BCUT2D eigenvalue weighted by atomic mass is 19.1. The molecular weight excluding hydrogens is 331 g/mol. The van der Waals surface area contributed by atoms with Crippen molar-refractivity contribution >= 4 is 17.8 Å². The highest BCUT2D eigenvalue weighted by Crippen LogP contribution is 2.16. The van der Waals surface area contributed by atoms with Crippen LogP contribution in [-0.4, -0.2) is 42.7 Å². The highest BCUT2D eigenvalue weighted by Gasteiger charge is 2.26. The third-order valence-electron chi connectivity index (χ3n) is 3.48. The summed E-state index contributed by atoms with van der Waals surface area (Å²) < 4.78 is 24.8. The highest BCUT2D eigenvalue weighted by molar-refractivity contribution is 5.97. The van der Waals surface area contributed by atoms with Crippen LogP contribution in [0.1, 0.15) is 16.8 Å². The van der Waals surface area contributed by atoms with Crippen LogP contribution in [0.3, 0.4) is 0 Å². The summed E-state index contributed by atoms with van der Waals surface area (Å²) in [6.45, 7) is 0. The zero-order valence-electron chi connectivity index (χ0n) is 13.7. The fourth-order valence-electron chi connectivity index (χ4n) is 2.18. The van der Waals surface area contributed by atoms with Gasteiger partial charge in [-0.15, -0.1) is 0 Å². The number of rotatable bonds is 6. The molecule has 0 saturated heterocycles. The van der Waals surface area contributed by atoms with E-state index in [2.05, 4.69) is 14.8 Å². The number of hydrogen-bond donors (Lipinski definition) is 1. The number of halogens is 1. The number of carbonyl (C=O) groups is 3. The molecule has 0 radical (unpaired) electrons. The van der Waals surface area contributed by atoms with Crippen LogP contribution in [0.15, 0.2) is 42.7 Å². The molecule has 0 bridgehead atoms. The minimum Gasteiger partial charge on any atom is -0.469 e. The standard InChI is InChI=1S/C17H17FN2O5/c1-24-15(21)10-13(17(23)25-2)19-16(22)11-5-6-14(12(18)9-11)20-7-3-4-8-20/h3-9,13H,10H2,1-2H3,(H,19,22)/t13-/m1/s1. The van der Waals surface area contributed by atoms with Gasteiger partial charge in [-0.05, 0) is 30.3 Å². The second kappa shape index (κ2) is 8.09. The Bertz CT molecular complexity index is 773. The van der Waals surface area contributed by atoms with Gasteiger partial charge < -0.3 is 19.4 Å². The molecule has 1 aromatic heterocycles. The number of nitrogens with one attached hydrogen (secondary N) is 1. The third kappa shape index (κ3) is 4.43. The average molecular weight is 348 g/mol. The van der Waals surface area contributed by atoms with E-state index in [1.807, 2.05) is 0 Å². The summed E-state index contributed by atoms with van der Waals surface area (Å²) in [6, 6.07) is 6.17. The maximum Gasteiger partial charge on any atom is 0.328 e. The van der Waals surface area contributed by atoms with E-state index in [1.54, 1.807) is 29.1 Å². The molecule has 7 nitrogen and oxygen atoms in total. The number of hydrogen-bond acceptors (Lipinski definition) is 5. The van der Waals surface area contributed by atoms with E-state index >= 15 is 0 Å². The van der Waals surface area contributed by atoms with Crippen LogP contribution in [0, 0.1) is 5.82 Å². The number of amides is 1. The van der Waals surface area contributed by atoms with E-state index in [0.29, 0.717) is 0 Å². The van der Waals surface area contributed by atoms with Crippen molar-refractivity contribution < 1.29 is 28.2 Å². The molecule has 0 aliphatic heterocycles. The van der Waals surface area contributed by atoms with Crippen molar-refractivity contribution in [1.82, 2.24) is 9.88 Å². The number of carbonyl (C=O) groups excluding carboxylic acids is 3. The van der Waals surface area contributed by atoms with E-state index in [-0.39, 0.29) is 11.3 Å². The Kier molecular flexibility index (Phi) is 5.89. The Hall–Kier alpha value is -3.16. The monoisotopic (exact) mass is 348 g/mol. The lowest BCUT2D eigenvalue weighted by molar-refractivity contribution is -0.149. The maximum atomic E-state index is 14.2. The Morgan fingerprint density at radius 1 is 1.16 bits per heavy atom.